The molecule has 1 fully saturated rings. The monoisotopic (exact) mass is 268 g/mol. The summed E-state index contributed by atoms with van der Waals surface area (Å²) in [5.74, 6) is 0.279. The van der Waals surface area contributed by atoms with Crippen LogP contribution in [0.4, 0.5) is 0 Å². The summed E-state index contributed by atoms with van der Waals surface area (Å²) in [6, 6.07) is 8.77. The Labute approximate surface area is 119 Å². The maximum Gasteiger partial charge on any atom is 0.0956 e. The molecule has 2 aliphatic rings. The molecule has 1 aromatic heterocycles. The van der Waals surface area contributed by atoms with Gasteiger partial charge in [0.25, 0.3) is 0 Å². The van der Waals surface area contributed by atoms with Gasteiger partial charge in [-0.1, -0.05) is 38.1 Å². The van der Waals surface area contributed by atoms with Gasteiger partial charge >= 0.3 is 0 Å². The number of hydrogen-bond donors (Lipinski definition) is 1. The first kappa shape index (κ1) is 12.2. The first-order valence-electron chi connectivity index (χ1n) is 7.39. The molecule has 0 saturated heterocycles. The molecule has 1 unspecified atom stereocenters. The summed E-state index contributed by atoms with van der Waals surface area (Å²) in [5, 5.41) is 10.7. The number of aromatic nitrogens is 2. The molecule has 1 N–H and O–H groups in total. The predicted octanol–water partition coefficient (Wildman–Crippen LogP) is 3.25. The van der Waals surface area contributed by atoms with Crippen molar-refractivity contribution in [2.24, 2.45) is 11.3 Å². The summed E-state index contributed by atoms with van der Waals surface area (Å²) in [7, 11) is 0. The Morgan fingerprint density at radius 2 is 2.10 bits per heavy atom. The van der Waals surface area contributed by atoms with E-state index in [9.17, 15) is 5.11 Å². The molecule has 1 aliphatic carbocycles. The normalized spacial score (nSPS) is 30.2. The Balaban J connectivity index is 1.84. The smallest absolute Gasteiger partial charge is 0.0956 e. The molecule has 0 bridgehead atoms. The highest BCUT2D eigenvalue weighted by Gasteiger charge is 2.47. The van der Waals surface area contributed by atoms with Crippen molar-refractivity contribution in [3.8, 4) is 11.3 Å². The van der Waals surface area contributed by atoms with E-state index >= 15 is 0 Å². The van der Waals surface area contributed by atoms with Crippen LogP contribution < -0.4 is 0 Å². The van der Waals surface area contributed by atoms with Gasteiger partial charge in [-0.15, -0.1) is 0 Å². The van der Waals surface area contributed by atoms with Crippen LogP contribution in [0.15, 0.2) is 36.8 Å². The average molecular weight is 268 g/mol. The van der Waals surface area contributed by atoms with E-state index in [4.69, 9.17) is 0 Å². The standard InChI is InChI=1S/C17H20N2O/c1-17(2)8-7-13(16(17)20)15-12-6-4-3-5-11(12)14-9-18-10-19(14)15/h3-6,9-10,13,15-16,20H,7-8H2,1-2H3/t13-,15?,16+/m0/s1. The third kappa shape index (κ3) is 1.47. The van der Waals surface area contributed by atoms with Crippen LogP contribution in [0, 0.1) is 11.3 Å². The summed E-state index contributed by atoms with van der Waals surface area (Å²) >= 11 is 0. The molecule has 3 heteroatoms. The molecule has 0 amide bonds. The van der Waals surface area contributed by atoms with Crippen LogP contribution in [0.3, 0.4) is 0 Å². The number of aliphatic hydroxyl groups excluding tert-OH is 1. The van der Waals surface area contributed by atoms with E-state index in [-0.39, 0.29) is 23.5 Å². The van der Waals surface area contributed by atoms with Crippen molar-refractivity contribution in [2.45, 2.75) is 38.8 Å². The van der Waals surface area contributed by atoms with Crippen LogP contribution in [0.2, 0.25) is 0 Å². The van der Waals surface area contributed by atoms with Crippen LogP contribution >= 0.6 is 0 Å². The second-order valence-electron chi connectivity index (χ2n) is 6.85. The summed E-state index contributed by atoms with van der Waals surface area (Å²) in [6.45, 7) is 4.35. The third-order valence-electron chi connectivity index (χ3n) is 5.25. The highest BCUT2D eigenvalue weighted by atomic mass is 16.3. The Morgan fingerprint density at radius 3 is 2.85 bits per heavy atom. The number of rotatable bonds is 1. The third-order valence-corrected chi connectivity index (χ3v) is 5.25. The van der Waals surface area contributed by atoms with Crippen molar-refractivity contribution in [3.63, 3.8) is 0 Å². The molecule has 3 nitrogen and oxygen atoms in total. The largest absolute Gasteiger partial charge is 0.392 e. The molecule has 2 heterocycles. The summed E-state index contributed by atoms with van der Waals surface area (Å²) in [5.41, 5.74) is 3.81. The first-order chi connectivity index (χ1) is 9.59. The zero-order chi connectivity index (χ0) is 13.9. The van der Waals surface area contributed by atoms with E-state index in [1.807, 2.05) is 12.5 Å². The van der Waals surface area contributed by atoms with Gasteiger partial charge in [0.15, 0.2) is 0 Å². The predicted molar refractivity (Wildman–Crippen MR) is 78.3 cm³/mol. The van der Waals surface area contributed by atoms with E-state index in [0.29, 0.717) is 0 Å². The number of aliphatic hydroxyl groups is 1. The minimum Gasteiger partial charge on any atom is -0.392 e. The fraction of sp³-hybridized carbons (Fsp3) is 0.471. The van der Waals surface area contributed by atoms with Crippen LogP contribution in [0.1, 0.15) is 38.3 Å². The minimum absolute atomic E-state index is 0.0168. The van der Waals surface area contributed by atoms with Crippen LogP contribution in [-0.4, -0.2) is 20.8 Å². The number of nitrogens with zero attached hydrogens (tertiary/aromatic N) is 2. The molecule has 2 aromatic rings. The zero-order valence-electron chi connectivity index (χ0n) is 12.0. The van der Waals surface area contributed by atoms with Gasteiger partial charge in [0.1, 0.15) is 0 Å². The van der Waals surface area contributed by atoms with E-state index in [1.54, 1.807) is 0 Å². The SMILES string of the molecule is CC1(C)CC[C@@H](C2c3ccccc3-c3cncn32)[C@H]1O. The molecule has 4 rings (SSSR count). The quantitative estimate of drug-likeness (QED) is 0.862. The lowest BCUT2D eigenvalue weighted by atomic mass is 9.83. The van der Waals surface area contributed by atoms with Gasteiger partial charge < -0.3 is 9.67 Å². The summed E-state index contributed by atoms with van der Waals surface area (Å²) in [6.07, 6.45) is 5.75. The first-order valence-corrected chi connectivity index (χ1v) is 7.39. The van der Waals surface area contributed by atoms with Gasteiger partial charge in [0, 0.05) is 11.5 Å². The number of hydrogen-bond acceptors (Lipinski definition) is 2. The lowest BCUT2D eigenvalue weighted by molar-refractivity contribution is 0.0344. The van der Waals surface area contributed by atoms with Gasteiger partial charge in [0.2, 0.25) is 0 Å². The Morgan fingerprint density at radius 1 is 1.30 bits per heavy atom. The minimum atomic E-state index is -0.256. The molecule has 1 aromatic carbocycles. The second-order valence-corrected chi connectivity index (χ2v) is 6.85. The van der Waals surface area contributed by atoms with Crippen LogP contribution in [0.25, 0.3) is 11.3 Å². The average Bonchev–Trinajstić information content (AvgIpc) is 3.07. The zero-order valence-corrected chi connectivity index (χ0v) is 12.0. The van der Waals surface area contributed by atoms with Gasteiger partial charge in [-0.3, -0.25) is 0 Å². The highest BCUT2D eigenvalue weighted by molar-refractivity contribution is 5.69. The van der Waals surface area contributed by atoms with Crippen molar-refractivity contribution in [2.75, 3.05) is 0 Å². The Hall–Kier alpha value is -1.61. The van der Waals surface area contributed by atoms with Crippen LogP contribution in [0.5, 0.6) is 0 Å². The molecule has 1 saturated carbocycles. The van der Waals surface area contributed by atoms with Crippen molar-refractivity contribution >= 4 is 0 Å². The van der Waals surface area contributed by atoms with E-state index in [0.717, 1.165) is 12.8 Å². The molecule has 0 radical (unpaired) electrons. The molecule has 20 heavy (non-hydrogen) atoms. The van der Waals surface area contributed by atoms with E-state index in [1.165, 1.54) is 16.8 Å². The van der Waals surface area contributed by atoms with Crippen LogP contribution in [-0.2, 0) is 0 Å². The molecular weight excluding hydrogens is 248 g/mol. The fourth-order valence-corrected chi connectivity index (χ4v) is 4.06. The molecular formula is C17H20N2O. The number of fused-ring (bicyclic) bond motifs is 3. The lowest BCUT2D eigenvalue weighted by Crippen LogP contribution is -2.32. The van der Waals surface area contributed by atoms with Crippen molar-refractivity contribution < 1.29 is 5.11 Å². The molecule has 104 valence electrons. The van der Waals surface area contributed by atoms with Crippen molar-refractivity contribution in [3.05, 3.63) is 42.4 Å². The Kier molecular flexibility index (Phi) is 2.40. The summed E-state index contributed by atoms with van der Waals surface area (Å²) < 4.78 is 2.25. The topological polar surface area (TPSA) is 38.0 Å². The fourth-order valence-electron chi connectivity index (χ4n) is 4.06. The second kappa shape index (κ2) is 3.95. The number of imidazole rings is 1. The van der Waals surface area contributed by atoms with Crippen molar-refractivity contribution in [1.29, 1.82) is 0 Å². The van der Waals surface area contributed by atoms with Gasteiger partial charge in [0.05, 0.1) is 30.4 Å². The van der Waals surface area contributed by atoms with E-state index < -0.39 is 0 Å². The lowest BCUT2D eigenvalue weighted by Gasteiger charge is -2.30. The molecule has 1 aliphatic heterocycles. The highest BCUT2D eigenvalue weighted by Crippen LogP contribution is 2.52. The molecule has 0 spiro atoms. The van der Waals surface area contributed by atoms with Gasteiger partial charge in [-0.25, -0.2) is 4.98 Å². The molecule has 3 atom stereocenters. The summed E-state index contributed by atoms with van der Waals surface area (Å²) in [4.78, 5) is 4.31. The van der Waals surface area contributed by atoms with Crippen molar-refractivity contribution in [1.82, 2.24) is 9.55 Å². The van der Waals surface area contributed by atoms with Gasteiger partial charge in [-0.05, 0) is 23.8 Å². The van der Waals surface area contributed by atoms with Gasteiger partial charge in [-0.2, -0.15) is 0 Å². The number of benzene rings is 1. The maximum absolute atomic E-state index is 10.7. The maximum atomic E-state index is 10.7. The van der Waals surface area contributed by atoms with E-state index in [2.05, 4.69) is 47.7 Å². The Bertz CT molecular complexity index is 659.